The van der Waals surface area contributed by atoms with Gasteiger partial charge in [-0.25, -0.2) is 12.8 Å². The topological polar surface area (TPSA) is 59.5 Å². The molecule has 2 heterocycles. The van der Waals surface area contributed by atoms with Crippen LogP contribution in [-0.2, 0) is 16.4 Å². The number of pyridine rings is 1. The van der Waals surface area contributed by atoms with Crippen LogP contribution in [0.15, 0.2) is 59.5 Å². The van der Waals surface area contributed by atoms with Gasteiger partial charge in [0.05, 0.1) is 5.75 Å². The molecule has 1 aliphatic rings. The quantitative estimate of drug-likeness (QED) is 0.559. The molecule has 0 aliphatic carbocycles. The van der Waals surface area contributed by atoms with Crippen molar-refractivity contribution in [3.05, 3.63) is 76.9 Å². The van der Waals surface area contributed by atoms with Crippen molar-refractivity contribution in [1.82, 2.24) is 4.98 Å². The van der Waals surface area contributed by atoms with Crippen LogP contribution in [0, 0.1) is 11.8 Å². The number of halogens is 3. The van der Waals surface area contributed by atoms with Crippen LogP contribution in [0.1, 0.15) is 5.56 Å². The molecule has 29 heavy (non-hydrogen) atoms. The van der Waals surface area contributed by atoms with Gasteiger partial charge in [0.15, 0.2) is 21.4 Å². The Kier molecular flexibility index (Phi) is 5.14. The number of ether oxygens (including phenoxy) is 1. The Labute approximate surface area is 171 Å². The van der Waals surface area contributed by atoms with Gasteiger partial charge in [0.1, 0.15) is 15.6 Å². The van der Waals surface area contributed by atoms with Crippen LogP contribution in [0.5, 0.6) is 11.6 Å². The number of aromatic nitrogens is 1. The lowest BCUT2D eigenvalue weighted by Crippen LogP contribution is -2.36. The Morgan fingerprint density at radius 2 is 1.76 bits per heavy atom. The van der Waals surface area contributed by atoms with E-state index in [2.05, 4.69) is 4.98 Å². The highest BCUT2D eigenvalue weighted by molar-refractivity contribution is 7.91. The summed E-state index contributed by atoms with van der Waals surface area (Å²) >= 11 is 6.00. The van der Waals surface area contributed by atoms with Crippen LogP contribution in [-0.4, -0.2) is 25.7 Å². The van der Waals surface area contributed by atoms with Gasteiger partial charge >= 0.3 is 0 Å². The molecule has 1 aromatic heterocycles. The second-order valence-electron chi connectivity index (χ2n) is 6.46. The average Bonchev–Trinajstić information content (AvgIpc) is 2.69. The highest BCUT2D eigenvalue weighted by Gasteiger charge is 2.37. The molecule has 0 atom stereocenters. The van der Waals surface area contributed by atoms with E-state index < -0.39 is 26.6 Å². The average molecular weight is 437 g/mol. The summed E-state index contributed by atoms with van der Waals surface area (Å²) in [7, 11) is -3.87. The largest absolute Gasteiger partial charge is 0.434 e. The molecule has 1 aliphatic heterocycles. The number of nitrogens with zero attached hydrogens (tertiary/aromatic N) is 2. The Balaban J connectivity index is 1.88. The molecule has 0 amide bonds. The summed E-state index contributed by atoms with van der Waals surface area (Å²) < 4.78 is 59.3. The van der Waals surface area contributed by atoms with Gasteiger partial charge in [0.2, 0.25) is 11.8 Å². The smallest absolute Gasteiger partial charge is 0.247 e. The molecule has 0 N–H and O–H groups in total. The standard InChI is InChI=1S/C20H15ClF2N2O3S/c21-16-18-17(20(24-19(16)23)28-15-9-5-4-8-14(15)22)25(10-11-29(18,26)27)12-13-6-2-1-3-7-13/h1-9H,10-12H2. The Morgan fingerprint density at radius 1 is 1.07 bits per heavy atom. The second kappa shape index (κ2) is 7.61. The van der Waals surface area contributed by atoms with E-state index in [0.717, 1.165) is 5.56 Å². The molecule has 0 fully saturated rings. The van der Waals surface area contributed by atoms with Crippen molar-refractivity contribution in [1.29, 1.82) is 0 Å². The zero-order chi connectivity index (χ0) is 20.6. The van der Waals surface area contributed by atoms with Crippen molar-refractivity contribution >= 4 is 27.1 Å². The summed E-state index contributed by atoms with van der Waals surface area (Å²) in [5.74, 6) is -2.68. The Hall–Kier alpha value is -2.71. The summed E-state index contributed by atoms with van der Waals surface area (Å²) in [6.45, 7) is 0.447. The van der Waals surface area contributed by atoms with Crippen LogP contribution in [0.4, 0.5) is 14.5 Å². The molecule has 4 rings (SSSR count). The molecule has 0 radical (unpaired) electrons. The summed E-state index contributed by atoms with van der Waals surface area (Å²) in [6.07, 6.45) is 0. The van der Waals surface area contributed by atoms with Crippen molar-refractivity contribution in [3.63, 3.8) is 0 Å². The highest BCUT2D eigenvalue weighted by Crippen LogP contribution is 2.44. The third-order valence-electron chi connectivity index (χ3n) is 4.51. The van der Waals surface area contributed by atoms with Crippen LogP contribution in [0.2, 0.25) is 5.02 Å². The third-order valence-corrected chi connectivity index (χ3v) is 6.71. The van der Waals surface area contributed by atoms with Gasteiger partial charge in [-0.3, -0.25) is 0 Å². The maximum Gasteiger partial charge on any atom is 0.247 e. The normalized spacial score (nSPS) is 15.1. The van der Waals surface area contributed by atoms with Gasteiger partial charge < -0.3 is 9.64 Å². The lowest BCUT2D eigenvalue weighted by atomic mass is 10.2. The van der Waals surface area contributed by atoms with Gasteiger partial charge in [-0.1, -0.05) is 54.1 Å². The fourth-order valence-corrected chi connectivity index (χ4v) is 5.18. The lowest BCUT2D eigenvalue weighted by molar-refractivity contribution is 0.412. The minimum Gasteiger partial charge on any atom is -0.434 e. The van der Waals surface area contributed by atoms with E-state index in [4.69, 9.17) is 16.3 Å². The molecule has 0 saturated carbocycles. The molecular weight excluding hydrogens is 422 g/mol. The van der Waals surface area contributed by atoms with Crippen LogP contribution >= 0.6 is 11.6 Å². The summed E-state index contributed by atoms with van der Waals surface area (Å²) in [6, 6.07) is 14.8. The van der Waals surface area contributed by atoms with E-state index in [1.807, 2.05) is 30.3 Å². The number of benzene rings is 2. The van der Waals surface area contributed by atoms with Crippen LogP contribution in [0.3, 0.4) is 0 Å². The minimum atomic E-state index is -3.87. The first-order valence-electron chi connectivity index (χ1n) is 8.70. The molecule has 0 unspecified atom stereocenters. The van der Waals surface area contributed by atoms with Crippen molar-refractivity contribution in [2.24, 2.45) is 0 Å². The molecule has 9 heteroatoms. The summed E-state index contributed by atoms with van der Waals surface area (Å²) in [4.78, 5) is 4.99. The van der Waals surface area contributed by atoms with Gasteiger partial charge in [0.25, 0.3) is 0 Å². The monoisotopic (exact) mass is 436 g/mol. The predicted octanol–water partition coefficient (Wildman–Crippen LogP) is 4.60. The number of rotatable bonds is 4. The Bertz CT molecular complexity index is 1170. The maximum atomic E-state index is 14.4. The number of hydrogen-bond donors (Lipinski definition) is 0. The van der Waals surface area contributed by atoms with E-state index in [9.17, 15) is 17.2 Å². The molecule has 0 spiro atoms. The second-order valence-corrected chi connectivity index (χ2v) is 8.88. The van der Waals surface area contributed by atoms with Crippen molar-refractivity contribution in [2.75, 3.05) is 17.2 Å². The zero-order valence-electron chi connectivity index (χ0n) is 15.0. The van der Waals surface area contributed by atoms with Gasteiger partial charge in [-0.05, 0) is 17.7 Å². The number of fused-ring (bicyclic) bond motifs is 1. The number of hydrogen-bond acceptors (Lipinski definition) is 5. The Morgan fingerprint density at radius 3 is 2.48 bits per heavy atom. The predicted molar refractivity (Wildman–Crippen MR) is 105 cm³/mol. The molecule has 2 aromatic carbocycles. The molecule has 0 saturated heterocycles. The first-order chi connectivity index (χ1) is 13.9. The summed E-state index contributed by atoms with van der Waals surface area (Å²) in [5, 5.41) is -0.598. The van der Waals surface area contributed by atoms with Crippen LogP contribution in [0.25, 0.3) is 0 Å². The fraction of sp³-hybridized carbons (Fsp3) is 0.150. The van der Waals surface area contributed by atoms with Gasteiger partial charge in [-0.2, -0.15) is 9.37 Å². The minimum absolute atomic E-state index is 0.0229. The fourth-order valence-electron chi connectivity index (χ4n) is 3.16. The van der Waals surface area contributed by atoms with E-state index in [1.54, 1.807) is 4.90 Å². The van der Waals surface area contributed by atoms with Crippen LogP contribution < -0.4 is 9.64 Å². The lowest BCUT2D eigenvalue weighted by Gasteiger charge is -2.32. The number of sulfone groups is 1. The van der Waals surface area contributed by atoms with Crippen molar-refractivity contribution in [2.45, 2.75) is 11.4 Å². The molecule has 5 nitrogen and oxygen atoms in total. The van der Waals surface area contributed by atoms with Gasteiger partial charge in [0, 0.05) is 13.1 Å². The number of para-hydroxylation sites is 1. The van der Waals surface area contributed by atoms with E-state index in [0.29, 0.717) is 6.54 Å². The van der Waals surface area contributed by atoms with Gasteiger partial charge in [-0.15, -0.1) is 0 Å². The molecular formula is C20H15ClF2N2O3S. The molecule has 3 aromatic rings. The van der Waals surface area contributed by atoms with Crippen molar-refractivity contribution in [3.8, 4) is 11.6 Å². The van der Waals surface area contributed by atoms with E-state index in [1.165, 1.54) is 24.3 Å². The third kappa shape index (κ3) is 3.77. The SMILES string of the molecule is O=S1(=O)CCN(Cc2ccccc2)c2c(Oc3ccccc3F)nc(F)c(Cl)c21. The van der Waals surface area contributed by atoms with E-state index >= 15 is 0 Å². The first kappa shape index (κ1) is 19.6. The first-order valence-corrected chi connectivity index (χ1v) is 10.7. The highest BCUT2D eigenvalue weighted by atomic mass is 35.5. The van der Waals surface area contributed by atoms with Crippen molar-refractivity contribution < 1.29 is 21.9 Å². The van der Waals surface area contributed by atoms with E-state index in [-0.39, 0.29) is 34.5 Å². The molecule has 150 valence electrons. The zero-order valence-corrected chi connectivity index (χ0v) is 16.6. The summed E-state index contributed by atoms with van der Waals surface area (Å²) in [5.41, 5.74) is 0.921. The number of anilines is 1. The maximum absolute atomic E-state index is 14.4. The molecule has 0 bridgehead atoms.